The fraction of sp³-hybridized carbons (Fsp3) is 0.323. The average molecular weight is 620 g/mol. The first kappa shape index (κ1) is 30.8. The van der Waals surface area contributed by atoms with E-state index in [-0.39, 0.29) is 17.1 Å². The van der Waals surface area contributed by atoms with E-state index < -0.39 is 21.5 Å². The summed E-state index contributed by atoms with van der Waals surface area (Å²) in [6, 6.07) is 15.3. The first-order valence-electron chi connectivity index (χ1n) is 14.1. The van der Waals surface area contributed by atoms with Gasteiger partial charge in [-0.1, -0.05) is 45.0 Å². The van der Waals surface area contributed by atoms with E-state index in [1.54, 1.807) is 36.5 Å². The molecule has 1 heterocycles. The lowest BCUT2D eigenvalue weighted by molar-refractivity contribution is 0.257. The molecule has 2 amide bonds. The van der Waals surface area contributed by atoms with Crippen molar-refractivity contribution in [1.29, 1.82) is 0 Å². The van der Waals surface area contributed by atoms with Crippen molar-refractivity contribution in [1.82, 2.24) is 9.97 Å². The number of sulfonamides is 1. The van der Waals surface area contributed by atoms with E-state index in [4.69, 9.17) is 15.3 Å². The van der Waals surface area contributed by atoms with Gasteiger partial charge in [0.1, 0.15) is 11.4 Å². The number of aromatic nitrogens is 2. The van der Waals surface area contributed by atoms with Gasteiger partial charge in [0.15, 0.2) is 5.75 Å². The van der Waals surface area contributed by atoms with Gasteiger partial charge in [-0.05, 0) is 54.0 Å². The molecule has 232 valence electrons. The highest BCUT2D eigenvalue weighted by Crippen LogP contribution is 2.41. The van der Waals surface area contributed by atoms with E-state index in [2.05, 4.69) is 25.3 Å². The Hall–Kier alpha value is -4.62. The Morgan fingerprint density at radius 2 is 1.80 bits per heavy atom. The van der Waals surface area contributed by atoms with Crippen LogP contribution in [0.1, 0.15) is 39.2 Å². The van der Waals surface area contributed by atoms with Gasteiger partial charge in [-0.3, -0.25) is 4.72 Å². The molecule has 0 aliphatic heterocycles. The van der Waals surface area contributed by atoms with Crippen LogP contribution in [0.15, 0.2) is 60.8 Å². The first-order valence-corrected chi connectivity index (χ1v) is 16.0. The molecular formula is C31H37N7O5S. The molecule has 1 aliphatic carbocycles. The first-order chi connectivity index (χ1) is 20.8. The van der Waals surface area contributed by atoms with Gasteiger partial charge < -0.3 is 20.1 Å². The van der Waals surface area contributed by atoms with E-state index in [1.807, 2.05) is 45.0 Å². The zero-order valence-corrected chi connectivity index (χ0v) is 26.2. The van der Waals surface area contributed by atoms with Crippen molar-refractivity contribution in [2.75, 3.05) is 40.3 Å². The summed E-state index contributed by atoms with van der Waals surface area (Å²) in [6.45, 7) is 6.73. The second-order valence-electron chi connectivity index (χ2n) is 11.8. The van der Waals surface area contributed by atoms with Crippen LogP contribution in [0, 0.1) is 5.92 Å². The van der Waals surface area contributed by atoms with Gasteiger partial charge in [0.25, 0.3) is 0 Å². The fourth-order valence-electron chi connectivity index (χ4n) is 4.62. The van der Waals surface area contributed by atoms with Gasteiger partial charge in [-0.15, -0.1) is 0 Å². The van der Waals surface area contributed by atoms with Gasteiger partial charge in [-0.2, -0.15) is 4.98 Å². The number of fused-ring (bicyclic) bond motifs is 1. The maximum absolute atomic E-state index is 13.5. The van der Waals surface area contributed by atoms with Crippen LogP contribution in [0.3, 0.4) is 0 Å². The molecule has 1 fully saturated rings. The number of urea groups is 1. The molecule has 12 nitrogen and oxygen atoms in total. The lowest BCUT2D eigenvalue weighted by atomic mass is 9.86. The molecule has 5 N–H and O–H groups in total. The summed E-state index contributed by atoms with van der Waals surface area (Å²) in [6.07, 6.45) is 5.12. The molecule has 44 heavy (non-hydrogen) atoms. The topological polar surface area (TPSA) is 161 Å². The monoisotopic (exact) mass is 619 g/mol. The summed E-state index contributed by atoms with van der Waals surface area (Å²) in [7, 11) is -2.27. The molecule has 0 saturated heterocycles. The van der Waals surface area contributed by atoms with Crippen molar-refractivity contribution in [3.63, 3.8) is 0 Å². The molecule has 13 heteroatoms. The molecule has 3 aromatic carbocycles. The van der Waals surface area contributed by atoms with E-state index in [9.17, 15) is 13.2 Å². The van der Waals surface area contributed by atoms with Crippen molar-refractivity contribution in [2.24, 2.45) is 11.8 Å². The molecule has 1 aliphatic rings. The number of benzene rings is 3. The predicted octanol–water partition coefficient (Wildman–Crippen LogP) is 5.83. The highest BCUT2D eigenvalue weighted by Gasteiger charge is 2.26. The number of rotatable bonds is 10. The number of ether oxygens (including phenoxy) is 2. The van der Waals surface area contributed by atoms with E-state index in [1.165, 1.54) is 20.0 Å². The van der Waals surface area contributed by atoms with Gasteiger partial charge in [0, 0.05) is 29.6 Å². The summed E-state index contributed by atoms with van der Waals surface area (Å²) < 4.78 is 38.4. The molecule has 0 bridgehead atoms. The maximum atomic E-state index is 13.5. The number of anilines is 4. The fourth-order valence-corrected chi connectivity index (χ4v) is 5.18. The van der Waals surface area contributed by atoms with Crippen LogP contribution in [0.4, 0.5) is 27.8 Å². The molecule has 0 spiro atoms. The largest absolute Gasteiger partial charge is 0.492 e. The molecule has 5 rings (SSSR count). The minimum atomic E-state index is -3.65. The quantitative estimate of drug-likeness (QED) is 0.0972. The predicted molar refractivity (Wildman–Crippen MR) is 173 cm³/mol. The molecule has 0 radical (unpaired) electrons. The van der Waals surface area contributed by atoms with Crippen molar-refractivity contribution < 1.29 is 22.7 Å². The summed E-state index contributed by atoms with van der Waals surface area (Å²) in [5.41, 5.74) is 1.19. The number of hydrogen-bond acceptors (Lipinski definition) is 9. The van der Waals surface area contributed by atoms with Gasteiger partial charge in [0.05, 0.1) is 24.7 Å². The molecule has 4 aromatic rings. The van der Waals surface area contributed by atoms with Crippen molar-refractivity contribution in [3.05, 3.63) is 66.4 Å². The second kappa shape index (κ2) is 12.2. The average Bonchev–Trinajstić information content (AvgIpc) is 3.80. The number of hydrogen-bond donors (Lipinski definition) is 4. The molecule has 0 atom stereocenters. The minimum absolute atomic E-state index is 0.102. The number of nitrogens with one attached hydrogen (secondary N) is 3. The minimum Gasteiger partial charge on any atom is -0.492 e. The zero-order chi connectivity index (χ0) is 31.6. The number of nitrogens with two attached hydrogens (primary N) is 1. The number of hydrazine groups is 1. The number of methoxy groups -OCH3 is 1. The Morgan fingerprint density at radius 3 is 2.45 bits per heavy atom. The van der Waals surface area contributed by atoms with Crippen LogP contribution >= 0.6 is 0 Å². The number of carbonyl (C=O) groups excluding carboxylic acids is 1. The van der Waals surface area contributed by atoms with Crippen LogP contribution in [0.2, 0.25) is 0 Å². The van der Waals surface area contributed by atoms with Crippen molar-refractivity contribution >= 4 is 49.8 Å². The zero-order valence-electron chi connectivity index (χ0n) is 25.3. The number of amides is 2. The molecule has 0 unspecified atom stereocenters. The Morgan fingerprint density at radius 1 is 1.07 bits per heavy atom. The van der Waals surface area contributed by atoms with E-state index in [0.717, 1.165) is 28.8 Å². The van der Waals surface area contributed by atoms with Crippen LogP contribution < -0.4 is 35.7 Å². The normalized spacial score (nSPS) is 13.3. The standard InChI is InChI=1S/C31H37N7O5S/c1-31(2,3)20-16-24(37-44(5,40)41)28(42-4)25(17-20)38(32)30(39)35-23-12-13-26(22-9-7-6-8-21(22)23)43-27-14-15-33-29(36-27)34-18-19-10-11-19/h6-9,12-17,19,37H,10-11,18,32H2,1-5H3,(H,35,39)(H,33,34,36). The number of nitrogens with zero attached hydrogens (tertiary/aromatic N) is 3. The smallest absolute Gasteiger partial charge is 0.340 e. The Labute approximate surface area is 257 Å². The van der Waals surface area contributed by atoms with Crippen molar-refractivity contribution in [2.45, 2.75) is 39.0 Å². The summed E-state index contributed by atoms with van der Waals surface area (Å²) in [5, 5.41) is 8.47. The second-order valence-corrected chi connectivity index (χ2v) is 13.6. The Kier molecular flexibility index (Phi) is 8.53. The van der Waals surface area contributed by atoms with Crippen LogP contribution in [0.5, 0.6) is 17.4 Å². The lowest BCUT2D eigenvalue weighted by Crippen LogP contribution is -2.41. The molecule has 1 saturated carbocycles. The Bertz CT molecular complexity index is 1800. The van der Waals surface area contributed by atoms with Gasteiger partial charge in [-0.25, -0.2) is 29.0 Å². The third kappa shape index (κ3) is 7.29. The Balaban J connectivity index is 1.43. The highest BCUT2D eigenvalue weighted by atomic mass is 32.2. The van der Waals surface area contributed by atoms with Crippen LogP contribution in [-0.4, -0.2) is 44.3 Å². The van der Waals surface area contributed by atoms with Crippen LogP contribution in [-0.2, 0) is 15.4 Å². The summed E-state index contributed by atoms with van der Waals surface area (Å²) >= 11 is 0. The maximum Gasteiger partial charge on any atom is 0.340 e. The summed E-state index contributed by atoms with van der Waals surface area (Å²) in [4.78, 5) is 22.3. The summed E-state index contributed by atoms with van der Waals surface area (Å²) in [5.74, 6) is 8.58. The van der Waals surface area contributed by atoms with Gasteiger partial charge >= 0.3 is 6.03 Å². The molecular weight excluding hydrogens is 582 g/mol. The lowest BCUT2D eigenvalue weighted by Gasteiger charge is -2.27. The third-order valence-corrected chi connectivity index (χ3v) is 7.72. The van der Waals surface area contributed by atoms with Crippen molar-refractivity contribution in [3.8, 4) is 17.4 Å². The third-order valence-electron chi connectivity index (χ3n) is 7.13. The van der Waals surface area contributed by atoms with Gasteiger partial charge in [0.2, 0.25) is 21.9 Å². The highest BCUT2D eigenvalue weighted by molar-refractivity contribution is 7.92. The number of carbonyl (C=O) groups is 1. The van der Waals surface area contributed by atoms with E-state index >= 15 is 0 Å². The van der Waals surface area contributed by atoms with E-state index in [0.29, 0.717) is 34.6 Å². The SMILES string of the molecule is COc1c(NS(C)(=O)=O)cc(C(C)(C)C)cc1N(N)C(=O)Nc1ccc(Oc2ccnc(NCC3CC3)n2)c2ccccc12. The molecule has 1 aromatic heterocycles. The van der Waals surface area contributed by atoms with Crippen LogP contribution in [0.25, 0.3) is 10.8 Å².